The average Bonchev–Trinajstić information content (AvgIpc) is 3.47. The van der Waals surface area contributed by atoms with Crippen molar-refractivity contribution < 1.29 is 14.3 Å². The number of carbonyl (C=O) groups is 1. The molecule has 27 heavy (non-hydrogen) atoms. The number of ether oxygens (including phenoxy) is 2. The van der Waals surface area contributed by atoms with E-state index < -0.39 is 0 Å². The van der Waals surface area contributed by atoms with Gasteiger partial charge >= 0.3 is 0 Å². The first-order chi connectivity index (χ1) is 13.3. The number of anilines is 1. The van der Waals surface area contributed by atoms with Crippen molar-refractivity contribution in [3.05, 3.63) is 52.2 Å². The Bertz CT molecular complexity index is 1120. The molecule has 0 saturated carbocycles. The number of thiazole rings is 2. The van der Waals surface area contributed by atoms with E-state index in [4.69, 9.17) is 9.47 Å². The molecule has 0 unspecified atom stereocenters. The molecule has 0 bridgehead atoms. The van der Waals surface area contributed by atoms with E-state index in [1.807, 2.05) is 41.1 Å². The number of aromatic nitrogens is 2. The molecule has 0 radical (unpaired) electrons. The van der Waals surface area contributed by atoms with Gasteiger partial charge in [-0.1, -0.05) is 6.07 Å². The predicted molar refractivity (Wildman–Crippen MR) is 107 cm³/mol. The molecule has 1 aromatic carbocycles. The van der Waals surface area contributed by atoms with Gasteiger partial charge in [0.15, 0.2) is 16.6 Å². The zero-order valence-corrected chi connectivity index (χ0v) is 16.1. The van der Waals surface area contributed by atoms with Crippen LogP contribution in [-0.4, -0.2) is 22.7 Å². The highest BCUT2D eigenvalue weighted by molar-refractivity contribution is 7.20. The number of benzene rings is 1. The van der Waals surface area contributed by atoms with E-state index in [1.165, 1.54) is 22.7 Å². The van der Waals surface area contributed by atoms with Crippen molar-refractivity contribution in [2.24, 2.45) is 0 Å². The third-order valence-electron chi connectivity index (χ3n) is 3.86. The Kier molecular flexibility index (Phi) is 4.12. The summed E-state index contributed by atoms with van der Waals surface area (Å²) in [7, 11) is 0. The standard InChI is InChI=1S/C18H11N3O3S3/c22-16(12-8-26-17(19-12)15-2-1-5-25-15)21-18-20-11(7-27-18)10-3-4-13-14(6-10)24-9-23-13/h1-8H,9H2,(H,20,21,22). The molecule has 1 N–H and O–H groups in total. The largest absolute Gasteiger partial charge is 0.454 e. The first kappa shape index (κ1) is 16.4. The highest BCUT2D eigenvalue weighted by atomic mass is 32.1. The van der Waals surface area contributed by atoms with Crippen LogP contribution in [0.3, 0.4) is 0 Å². The molecular weight excluding hydrogens is 402 g/mol. The highest BCUT2D eigenvalue weighted by Crippen LogP contribution is 2.36. The van der Waals surface area contributed by atoms with Crippen molar-refractivity contribution in [3.63, 3.8) is 0 Å². The number of rotatable bonds is 4. The Hall–Kier alpha value is -2.75. The van der Waals surface area contributed by atoms with E-state index in [0.717, 1.165) is 26.9 Å². The molecule has 134 valence electrons. The van der Waals surface area contributed by atoms with Gasteiger partial charge in [0.1, 0.15) is 10.7 Å². The maximum Gasteiger partial charge on any atom is 0.276 e. The SMILES string of the molecule is O=C(Nc1nc(-c2ccc3c(c2)OCO3)cs1)c1csc(-c2cccs2)n1. The van der Waals surface area contributed by atoms with Crippen LogP contribution in [-0.2, 0) is 0 Å². The molecule has 9 heteroatoms. The van der Waals surface area contributed by atoms with Gasteiger partial charge in [-0.3, -0.25) is 10.1 Å². The number of thiophene rings is 1. The van der Waals surface area contributed by atoms with Gasteiger partial charge in [0.2, 0.25) is 6.79 Å². The molecule has 0 fully saturated rings. The average molecular weight is 414 g/mol. The molecule has 5 rings (SSSR count). The summed E-state index contributed by atoms with van der Waals surface area (Å²) >= 11 is 4.42. The van der Waals surface area contributed by atoms with Crippen LogP contribution in [0.2, 0.25) is 0 Å². The second-order valence-corrected chi connectivity index (χ2v) is 8.24. The van der Waals surface area contributed by atoms with E-state index in [1.54, 1.807) is 16.7 Å². The minimum Gasteiger partial charge on any atom is -0.454 e. The van der Waals surface area contributed by atoms with Crippen molar-refractivity contribution in [2.75, 3.05) is 12.1 Å². The predicted octanol–water partition coefficient (Wildman–Crippen LogP) is 4.98. The summed E-state index contributed by atoms with van der Waals surface area (Å²) in [4.78, 5) is 22.4. The molecule has 1 aliphatic rings. The lowest BCUT2D eigenvalue weighted by Crippen LogP contribution is -2.12. The number of hydrogen-bond acceptors (Lipinski definition) is 8. The van der Waals surface area contributed by atoms with Gasteiger partial charge in [-0.25, -0.2) is 9.97 Å². The van der Waals surface area contributed by atoms with Crippen LogP contribution < -0.4 is 14.8 Å². The number of hydrogen-bond donors (Lipinski definition) is 1. The Morgan fingerprint density at radius 1 is 1.04 bits per heavy atom. The quantitative estimate of drug-likeness (QED) is 0.511. The van der Waals surface area contributed by atoms with Gasteiger partial charge in [0.25, 0.3) is 5.91 Å². The van der Waals surface area contributed by atoms with Gasteiger partial charge in [0.05, 0.1) is 10.6 Å². The second-order valence-electron chi connectivity index (χ2n) is 5.58. The third kappa shape index (κ3) is 3.20. The number of fused-ring (bicyclic) bond motifs is 1. The number of amides is 1. The maximum atomic E-state index is 12.5. The fraction of sp³-hybridized carbons (Fsp3) is 0.0556. The molecule has 4 heterocycles. The number of carbonyl (C=O) groups excluding carboxylic acids is 1. The van der Waals surface area contributed by atoms with Crippen molar-refractivity contribution in [1.29, 1.82) is 0 Å². The van der Waals surface area contributed by atoms with Gasteiger partial charge < -0.3 is 9.47 Å². The van der Waals surface area contributed by atoms with Crippen LogP contribution in [0, 0.1) is 0 Å². The van der Waals surface area contributed by atoms with E-state index in [-0.39, 0.29) is 12.7 Å². The third-order valence-corrected chi connectivity index (χ3v) is 6.50. The first-order valence-corrected chi connectivity index (χ1v) is 10.6. The molecule has 0 saturated heterocycles. The van der Waals surface area contributed by atoms with Crippen molar-refractivity contribution in [3.8, 4) is 32.6 Å². The van der Waals surface area contributed by atoms with Crippen LogP contribution in [0.4, 0.5) is 5.13 Å². The summed E-state index contributed by atoms with van der Waals surface area (Å²) in [5.41, 5.74) is 2.07. The van der Waals surface area contributed by atoms with Crippen LogP contribution in [0.25, 0.3) is 21.1 Å². The topological polar surface area (TPSA) is 73.3 Å². The van der Waals surface area contributed by atoms with Gasteiger partial charge in [0, 0.05) is 16.3 Å². The summed E-state index contributed by atoms with van der Waals surface area (Å²) in [6.07, 6.45) is 0. The van der Waals surface area contributed by atoms with Crippen molar-refractivity contribution in [1.82, 2.24) is 9.97 Å². The number of nitrogens with one attached hydrogen (secondary N) is 1. The lowest BCUT2D eigenvalue weighted by molar-refractivity contribution is 0.102. The van der Waals surface area contributed by atoms with E-state index in [0.29, 0.717) is 16.6 Å². The van der Waals surface area contributed by atoms with Gasteiger partial charge in [-0.2, -0.15) is 0 Å². The summed E-state index contributed by atoms with van der Waals surface area (Å²) in [6.45, 7) is 0.234. The van der Waals surface area contributed by atoms with E-state index in [9.17, 15) is 4.79 Å². The lowest BCUT2D eigenvalue weighted by Gasteiger charge is -2.00. The fourth-order valence-corrected chi connectivity index (χ4v) is 4.90. The van der Waals surface area contributed by atoms with Crippen LogP contribution in [0.15, 0.2) is 46.5 Å². The van der Waals surface area contributed by atoms with E-state index >= 15 is 0 Å². The van der Waals surface area contributed by atoms with Crippen LogP contribution in [0.5, 0.6) is 11.5 Å². The zero-order valence-electron chi connectivity index (χ0n) is 13.7. The molecule has 0 spiro atoms. The van der Waals surface area contributed by atoms with Crippen molar-refractivity contribution >= 4 is 45.0 Å². The summed E-state index contributed by atoms with van der Waals surface area (Å²) in [5, 5.41) is 9.83. The Morgan fingerprint density at radius 2 is 1.96 bits per heavy atom. The minimum atomic E-state index is -0.263. The Balaban J connectivity index is 1.32. The summed E-state index contributed by atoms with van der Waals surface area (Å²) in [6, 6.07) is 9.62. The molecule has 0 aliphatic carbocycles. The Morgan fingerprint density at radius 3 is 2.85 bits per heavy atom. The molecule has 4 aromatic rings. The monoisotopic (exact) mass is 413 g/mol. The first-order valence-electron chi connectivity index (χ1n) is 7.92. The van der Waals surface area contributed by atoms with E-state index in [2.05, 4.69) is 15.3 Å². The molecule has 3 aromatic heterocycles. The molecule has 1 aliphatic heterocycles. The number of nitrogens with zero attached hydrogens (tertiary/aromatic N) is 2. The van der Waals surface area contributed by atoms with Crippen molar-refractivity contribution in [2.45, 2.75) is 0 Å². The normalized spacial score (nSPS) is 12.3. The lowest BCUT2D eigenvalue weighted by atomic mass is 10.1. The molecular formula is C18H11N3O3S3. The minimum absolute atomic E-state index is 0.234. The highest BCUT2D eigenvalue weighted by Gasteiger charge is 2.17. The molecule has 6 nitrogen and oxygen atoms in total. The van der Waals surface area contributed by atoms with Crippen LogP contribution in [0.1, 0.15) is 10.5 Å². The van der Waals surface area contributed by atoms with Gasteiger partial charge in [-0.05, 0) is 29.6 Å². The maximum absolute atomic E-state index is 12.5. The fourth-order valence-electron chi connectivity index (χ4n) is 2.57. The van der Waals surface area contributed by atoms with Crippen LogP contribution >= 0.6 is 34.0 Å². The summed E-state index contributed by atoms with van der Waals surface area (Å²) in [5.74, 6) is 1.17. The smallest absolute Gasteiger partial charge is 0.276 e. The zero-order chi connectivity index (χ0) is 18.2. The van der Waals surface area contributed by atoms with Gasteiger partial charge in [-0.15, -0.1) is 34.0 Å². The molecule has 1 amide bonds. The molecule has 0 atom stereocenters. The second kappa shape index (κ2) is 6.76. The summed E-state index contributed by atoms with van der Waals surface area (Å²) < 4.78 is 10.7. The Labute approximate surface area is 166 Å².